The van der Waals surface area contributed by atoms with Gasteiger partial charge in [-0.1, -0.05) is 18.0 Å². The van der Waals surface area contributed by atoms with Gasteiger partial charge in [0.25, 0.3) is 0 Å². The van der Waals surface area contributed by atoms with Gasteiger partial charge in [0, 0.05) is 19.8 Å². The van der Waals surface area contributed by atoms with Crippen LogP contribution in [0, 0.1) is 5.82 Å². The zero-order chi connectivity index (χ0) is 12.0. The Morgan fingerprint density at radius 1 is 1.44 bits per heavy atom. The summed E-state index contributed by atoms with van der Waals surface area (Å²) in [6.45, 7) is 1.48. The molecule has 0 aromatic carbocycles. The Hall–Kier alpha value is -0.870. The molecule has 5 heteroatoms. The van der Waals surface area contributed by atoms with Crippen LogP contribution in [0.15, 0.2) is 12.3 Å². The van der Waals surface area contributed by atoms with Gasteiger partial charge in [-0.05, 0) is 25.5 Å². The highest BCUT2D eigenvalue weighted by Gasteiger charge is 2.09. The molecule has 1 aromatic heterocycles. The second kappa shape index (κ2) is 6.66. The average molecular weight is 246 g/mol. The van der Waals surface area contributed by atoms with Crippen LogP contribution in [0.1, 0.15) is 19.3 Å². The van der Waals surface area contributed by atoms with Gasteiger partial charge >= 0.3 is 0 Å². The first-order valence-corrected chi connectivity index (χ1v) is 5.75. The lowest BCUT2D eigenvalue weighted by Crippen LogP contribution is -2.21. The molecule has 0 unspecified atom stereocenters. The molecular weight excluding hydrogens is 229 g/mol. The minimum Gasteiger partial charge on any atom is -0.357 e. The fraction of sp³-hybridized carbons (Fsp3) is 0.545. The molecule has 90 valence electrons. The average Bonchev–Trinajstić information content (AvgIpc) is 2.24. The van der Waals surface area contributed by atoms with Gasteiger partial charge < -0.3 is 10.6 Å². The summed E-state index contributed by atoms with van der Waals surface area (Å²) in [5, 5.41) is 0.317. The summed E-state index contributed by atoms with van der Waals surface area (Å²) >= 11 is 5.63. The lowest BCUT2D eigenvalue weighted by Gasteiger charge is -2.18. The molecule has 16 heavy (non-hydrogen) atoms. The van der Waals surface area contributed by atoms with E-state index in [-0.39, 0.29) is 5.82 Å². The molecule has 0 aliphatic carbocycles. The van der Waals surface area contributed by atoms with E-state index in [1.54, 1.807) is 4.90 Å². The van der Waals surface area contributed by atoms with Gasteiger partial charge in [0.2, 0.25) is 0 Å². The third-order valence-electron chi connectivity index (χ3n) is 2.35. The summed E-state index contributed by atoms with van der Waals surface area (Å²) in [5.41, 5.74) is 5.40. The fourth-order valence-corrected chi connectivity index (χ4v) is 1.61. The van der Waals surface area contributed by atoms with E-state index in [1.165, 1.54) is 12.3 Å². The monoisotopic (exact) mass is 245 g/mol. The molecule has 0 saturated heterocycles. The van der Waals surface area contributed by atoms with E-state index in [2.05, 4.69) is 4.98 Å². The highest BCUT2D eigenvalue weighted by molar-refractivity contribution is 6.30. The van der Waals surface area contributed by atoms with Gasteiger partial charge in [-0.25, -0.2) is 9.37 Å². The van der Waals surface area contributed by atoms with Gasteiger partial charge in [-0.3, -0.25) is 0 Å². The number of hydrogen-bond donors (Lipinski definition) is 1. The summed E-state index contributed by atoms with van der Waals surface area (Å²) in [7, 11) is 1.82. The smallest absolute Gasteiger partial charge is 0.167 e. The first-order valence-electron chi connectivity index (χ1n) is 5.37. The van der Waals surface area contributed by atoms with Crippen LogP contribution in [0.5, 0.6) is 0 Å². The maximum Gasteiger partial charge on any atom is 0.167 e. The van der Waals surface area contributed by atoms with E-state index < -0.39 is 0 Å². The van der Waals surface area contributed by atoms with Crippen molar-refractivity contribution in [2.24, 2.45) is 5.73 Å². The Kier molecular flexibility index (Phi) is 5.49. The number of hydrogen-bond acceptors (Lipinski definition) is 3. The molecule has 0 saturated carbocycles. The molecule has 1 rings (SSSR count). The molecular formula is C11H17ClFN3. The van der Waals surface area contributed by atoms with Crippen molar-refractivity contribution in [3.05, 3.63) is 23.1 Å². The molecule has 0 bridgehead atoms. The van der Waals surface area contributed by atoms with E-state index in [0.717, 1.165) is 25.8 Å². The lowest BCUT2D eigenvalue weighted by atomic mass is 10.2. The van der Waals surface area contributed by atoms with E-state index in [1.807, 2.05) is 7.05 Å². The topological polar surface area (TPSA) is 42.1 Å². The van der Waals surface area contributed by atoms with E-state index >= 15 is 0 Å². The van der Waals surface area contributed by atoms with Crippen LogP contribution >= 0.6 is 11.6 Å². The number of nitrogens with zero attached hydrogens (tertiary/aromatic N) is 2. The molecule has 0 spiro atoms. The van der Waals surface area contributed by atoms with Gasteiger partial charge in [-0.15, -0.1) is 0 Å². The first-order chi connectivity index (χ1) is 7.65. The SMILES string of the molecule is CN(CCCCCN)c1ncc(Cl)cc1F. The van der Waals surface area contributed by atoms with Crippen LogP contribution < -0.4 is 10.6 Å². The Labute approximate surface area is 100 Å². The number of halogens is 2. The molecule has 0 aliphatic rings. The van der Waals surface area contributed by atoms with Gasteiger partial charge in [0.15, 0.2) is 11.6 Å². The third kappa shape index (κ3) is 3.94. The van der Waals surface area contributed by atoms with Crippen molar-refractivity contribution < 1.29 is 4.39 Å². The summed E-state index contributed by atoms with van der Waals surface area (Å²) in [4.78, 5) is 5.76. The van der Waals surface area contributed by atoms with E-state index in [9.17, 15) is 4.39 Å². The molecule has 3 nitrogen and oxygen atoms in total. The number of unbranched alkanes of at least 4 members (excludes halogenated alkanes) is 2. The second-order valence-corrected chi connectivity index (χ2v) is 4.17. The maximum atomic E-state index is 13.5. The third-order valence-corrected chi connectivity index (χ3v) is 2.55. The van der Waals surface area contributed by atoms with Crippen molar-refractivity contribution in [1.82, 2.24) is 4.98 Å². The lowest BCUT2D eigenvalue weighted by molar-refractivity contribution is 0.607. The molecule has 0 atom stereocenters. The minimum absolute atomic E-state index is 0.317. The fourth-order valence-electron chi connectivity index (χ4n) is 1.46. The predicted octanol–water partition coefficient (Wildman–Crippen LogP) is 2.44. The Morgan fingerprint density at radius 3 is 2.81 bits per heavy atom. The predicted molar refractivity (Wildman–Crippen MR) is 65.4 cm³/mol. The van der Waals surface area contributed by atoms with Crippen LogP contribution in [-0.4, -0.2) is 25.1 Å². The van der Waals surface area contributed by atoms with Crippen LogP contribution in [0.3, 0.4) is 0 Å². The molecule has 0 aliphatic heterocycles. The zero-order valence-electron chi connectivity index (χ0n) is 9.42. The van der Waals surface area contributed by atoms with Crippen LogP contribution in [0.2, 0.25) is 5.02 Å². The van der Waals surface area contributed by atoms with Crippen molar-refractivity contribution in [3.63, 3.8) is 0 Å². The van der Waals surface area contributed by atoms with Crippen molar-refractivity contribution in [1.29, 1.82) is 0 Å². The van der Waals surface area contributed by atoms with Gasteiger partial charge in [-0.2, -0.15) is 0 Å². The van der Waals surface area contributed by atoms with Gasteiger partial charge in [0.1, 0.15) is 0 Å². The van der Waals surface area contributed by atoms with Crippen molar-refractivity contribution in [2.75, 3.05) is 25.0 Å². The Balaban J connectivity index is 2.49. The van der Waals surface area contributed by atoms with E-state index in [4.69, 9.17) is 17.3 Å². The minimum atomic E-state index is -0.381. The quantitative estimate of drug-likeness (QED) is 0.783. The summed E-state index contributed by atoms with van der Waals surface area (Å²) in [6, 6.07) is 1.28. The number of aromatic nitrogens is 1. The first kappa shape index (κ1) is 13.2. The molecule has 0 amide bonds. The molecule has 1 heterocycles. The standard InChI is InChI=1S/C11H17ClFN3/c1-16(6-4-2-3-5-14)11-10(13)7-9(12)8-15-11/h7-8H,2-6,14H2,1H3. The normalized spacial score (nSPS) is 10.5. The highest BCUT2D eigenvalue weighted by atomic mass is 35.5. The summed E-state index contributed by atoms with van der Waals surface area (Å²) in [6.07, 6.45) is 4.49. The highest BCUT2D eigenvalue weighted by Crippen LogP contribution is 2.18. The van der Waals surface area contributed by atoms with Crippen molar-refractivity contribution in [3.8, 4) is 0 Å². The Bertz CT molecular complexity index is 333. The molecule has 0 radical (unpaired) electrons. The second-order valence-electron chi connectivity index (χ2n) is 3.73. The van der Waals surface area contributed by atoms with Gasteiger partial charge in [0.05, 0.1) is 5.02 Å². The number of anilines is 1. The van der Waals surface area contributed by atoms with Crippen LogP contribution in [0.4, 0.5) is 10.2 Å². The summed E-state index contributed by atoms with van der Waals surface area (Å²) < 4.78 is 13.5. The molecule has 0 fully saturated rings. The molecule has 1 aromatic rings. The number of rotatable bonds is 6. The van der Waals surface area contributed by atoms with Crippen molar-refractivity contribution in [2.45, 2.75) is 19.3 Å². The van der Waals surface area contributed by atoms with Crippen molar-refractivity contribution >= 4 is 17.4 Å². The van der Waals surface area contributed by atoms with E-state index in [0.29, 0.717) is 17.4 Å². The maximum absolute atomic E-state index is 13.5. The van der Waals surface area contributed by atoms with Crippen LogP contribution in [0.25, 0.3) is 0 Å². The summed E-state index contributed by atoms with van der Waals surface area (Å²) in [5.74, 6) is -0.0361. The van der Waals surface area contributed by atoms with Crippen LogP contribution in [-0.2, 0) is 0 Å². The largest absolute Gasteiger partial charge is 0.357 e. The number of pyridine rings is 1. The zero-order valence-corrected chi connectivity index (χ0v) is 10.2. The molecule has 2 N–H and O–H groups in total. The Morgan fingerprint density at radius 2 is 2.19 bits per heavy atom. The number of nitrogens with two attached hydrogens (primary N) is 1.